The molecule has 1 unspecified atom stereocenters. The summed E-state index contributed by atoms with van der Waals surface area (Å²) >= 11 is 0. The van der Waals surface area contributed by atoms with Crippen molar-refractivity contribution >= 4 is 46.2 Å². The van der Waals surface area contributed by atoms with E-state index in [-0.39, 0.29) is 36.3 Å². The number of carbonyl (C=O) groups excluding carboxylic acids is 2. The molecule has 1 aromatic carbocycles. The molecule has 51 heavy (non-hydrogen) atoms. The molecule has 3 saturated heterocycles. The van der Waals surface area contributed by atoms with Crippen LogP contribution in [0, 0.1) is 16.7 Å². The molecule has 1 N–H and O–H groups in total. The molecule has 6 heterocycles. The molecule has 0 saturated carbocycles. The Morgan fingerprint density at radius 2 is 1.92 bits per heavy atom. The third kappa shape index (κ3) is 6.86. The maximum atomic E-state index is 12.8. The van der Waals surface area contributed by atoms with Gasteiger partial charge in [0.25, 0.3) is 0 Å². The normalized spacial score (nSPS) is 23.2. The minimum absolute atomic E-state index is 0.0699. The average Bonchev–Trinajstić information content (AvgIpc) is 3.64. The number of alkyl carbamates (subject to hydrolysis) is 1. The first-order valence-electron chi connectivity index (χ1n) is 17.8. The first-order chi connectivity index (χ1) is 24.5. The van der Waals surface area contributed by atoms with E-state index in [1.54, 1.807) is 12.1 Å². The fraction of sp³-hybridized carbons (Fsp3) is 0.611. The van der Waals surface area contributed by atoms with E-state index < -0.39 is 11.7 Å². The third-order valence-electron chi connectivity index (χ3n) is 10.5. The van der Waals surface area contributed by atoms with E-state index in [2.05, 4.69) is 21.2 Å². The van der Waals surface area contributed by atoms with Gasteiger partial charge in [-0.1, -0.05) is 0 Å². The van der Waals surface area contributed by atoms with Gasteiger partial charge in [0.05, 0.1) is 55.1 Å². The first kappa shape index (κ1) is 34.8. The Kier molecular flexibility index (Phi) is 9.40. The van der Waals surface area contributed by atoms with E-state index in [1.165, 1.54) is 7.11 Å². The number of aromatic nitrogens is 4. The van der Waals surface area contributed by atoms with E-state index in [4.69, 9.17) is 34.0 Å². The van der Waals surface area contributed by atoms with Crippen LogP contribution in [0.15, 0.2) is 24.4 Å². The van der Waals surface area contributed by atoms with Crippen LogP contribution in [0.3, 0.4) is 0 Å². The topological polar surface area (TPSA) is 160 Å². The lowest BCUT2D eigenvalue weighted by molar-refractivity contribution is -0.138. The Morgan fingerprint density at radius 1 is 1.12 bits per heavy atom. The number of esters is 1. The molecule has 1 amide bonds. The standard InChI is InChI=1S/C36H47N9O6/c1-23-31(40-34(47)51-35(2,3)4)36(22-50-23)11-13-42(14-12-36)27-20-38-30-32(39-27)45(28-8-6-7-17-49-28)41-33(30)44-16-15-43(21-29(46)48-5)26-18-24(19-37)9-10-25(26)44/h9-10,18,20,23,28,31H,6-8,11-17,21-22H2,1-5H3,(H,40,47)/t23-,28?,31+/m0/s1. The number of fused-ring (bicyclic) bond motifs is 2. The molecule has 272 valence electrons. The number of hydrogen-bond donors (Lipinski definition) is 1. The van der Waals surface area contributed by atoms with Crippen LogP contribution in [0.2, 0.25) is 0 Å². The van der Waals surface area contributed by atoms with Crippen molar-refractivity contribution in [2.45, 2.75) is 83.8 Å². The first-order valence-corrected chi connectivity index (χ1v) is 17.8. The number of benzene rings is 1. The number of nitriles is 1. The number of anilines is 4. The smallest absolute Gasteiger partial charge is 0.407 e. The van der Waals surface area contributed by atoms with Gasteiger partial charge in [-0.25, -0.2) is 19.4 Å². The fourth-order valence-electron chi connectivity index (χ4n) is 7.80. The van der Waals surface area contributed by atoms with Crippen LogP contribution in [0.5, 0.6) is 0 Å². The lowest BCUT2D eigenvalue weighted by atomic mass is 9.73. The van der Waals surface area contributed by atoms with Crippen LogP contribution in [0.4, 0.5) is 27.8 Å². The maximum absolute atomic E-state index is 12.8. The molecule has 0 aliphatic carbocycles. The summed E-state index contributed by atoms with van der Waals surface area (Å²) in [5.41, 5.74) is 2.56. The van der Waals surface area contributed by atoms with Crippen LogP contribution >= 0.6 is 0 Å². The van der Waals surface area contributed by atoms with Gasteiger partial charge in [-0.2, -0.15) is 5.26 Å². The zero-order valence-corrected chi connectivity index (χ0v) is 30.1. The molecule has 15 heteroatoms. The second-order valence-corrected chi connectivity index (χ2v) is 14.9. The molecular formula is C36H47N9O6. The summed E-state index contributed by atoms with van der Waals surface area (Å²) in [6.07, 6.45) is 5.45. The maximum Gasteiger partial charge on any atom is 0.407 e. The van der Waals surface area contributed by atoms with Crippen LogP contribution in [-0.2, 0) is 23.7 Å². The predicted molar refractivity (Wildman–Crippen MR) is 189 cm³/mol. The number of ether oxygens (including phenoxy) is 4. The van der Waals surface area contributed by atoms with Gasteiger partial charge in [0, 0.05) is 38.2 Å². The second-order valence-electron chi connectivity index (χ2n) is 14.9. The van der Waals surface area contributed by atoms with Gasteiger partial charge in [0.1, 0.15) is 18.0 Å². The molecule has 3 fully saturated rings. The Hall–Kier alpha value is -4.68. The van der Waals surface area contributed by atoms with Crippen LogP contribution in [-0.4, -0.2) is 103 Å². The summed E-state index contributed by atoms with van der Waals surface area (Å²) in [5.74, 6) is 1.05. The van der Waals surface area contributed by atoms with Crippen molar-refractivity contribution in [2.24, 2.45) is 5.41 Å². The molecule has 7 rings (SSSR count). The van der Waals surface area contributed by atoms with E-state index in [1.807, 2.05) is 49.5 Å². The van der Waals surface area contributed by atoms with Crippen molar-refractivity contribution in [2.75, 3.05) is 67.7 Å². The van der Waals surface area contributed by atoms with E-state index >= 15 is 0 Å². The van der Waals surface area contributed by atoms with Crippen LogP contribution in [0.25, 0.3) is 11.2 Å². The second kappa shape index (κ2) is 13.8. The number of rotatable bonds is 6. The van der Waals surface area contributed by atoms with Gasteiger partial charge < -0.3 is 39.0 Å². The zero-order valence-electron chi connectivity index (χ0n) is 30.1. The highest BCUT2D eigenvalue weighted by molar-refractivity contribution is 5.92. The van der Waals surface area contributed by atoms with E-state index in [9.17, 15) is 14.9 Å². The van der Waals surface area contributed by atoms with Crippen molar-refractivity contribution in [3.05, 3.63) is 30.0 Å². The minimum Gasteiger partial charge on any atom is -0.468 e. The molecule has 15 nitrogen and oxygen atoms in total. The number of methoxy groups -OCH3 is 1. The predicted octanol–water partition coefficient (Wildman–Crippen LogP) is 4.43. The van der Waals surface area contributed by atoms with Gasteiger partial charge in [-0.3, -0.25) is 4.79 Å². The highest BCUT2D eigenvalue weighted by atomic mass is 16.6. The van der Waals surface area contributed by atoms with Crippen molar-refractivity contribution in [3.63, 3.8) is 0 Å². The highest BCUT2D eigenvalue weighted by Crippen LogP contribution is 2.44. The molecule has 2 aromatic heterocycles. The van der Waals surface area contributed by atoms with Crippen molar-refractivity contribution < 1.29 is 28.5 Å². The van der Waals surface area contributed by atoms with Gasteiger partial charge in [0.2, 0.25) is 0 Å². The van der Waals surface area contributed by atoms with Crippen LogP contribution < -0.4 is 20.0 Å². The highest BCUT2D eigenvalue weighted by Gasteiger charge is 2.50. The number of nitrogens with zero attached hydrogens (tertiary/aromatic N) is 8. The third-order valence-corrected chi connectivity index (χ3v) is 10.5. The number of nitrogens with one attached hydrogen (secondary N) is 1. The Morgan fingerprint density at radius 3 is 2.63 bits per heavy atom. The monoisotopic (exact) mass is 701 g/mol. The van der Waals surface area contributed by atoms with Crippen molar-refractivity contribution in [1.29, 1.82) is 5.26 Å². The Balaban J connectivity index is 1.18. The van der Waals surface area contributed by atoms with E-state index in [0.717, 1.165) is 62.4 Å². The SMILES string of the molecule is COC(=O)CN1CCN(c2nn(C3CCCCO3)c3nc(N4CCC5(CC4)CO[C@@H](C)[C@H]5NC(=O)OC(C)(C)C)cnc23)c2ccc(C#N)cc21. The average molecular weight is 702 g/mol. The molecule has 3 atom stereocenters. The molecular weight excluding hydrogens is 654 g/mol. The number of carbonyl (C=O) groups is 2. The van der Waals surface area contributed by atoms with Gasteiger partial charge in [-0.05, 0) is 78.0 Å². The molecule has 4 aliphatic rings. The fourth-order valence-corrected chi connectivity index (χ4v) is 7.80. The summed E-state index contributed by atoms with van der Waals surface area (Å²) in [5, 5.41) is 17.9. The number of amides is 1. The van der Waals surface area contributed by atoms with Crippen molar-refractivity contribution in [1.82, 2.24) is 25.1 Å². The van der Waals surface area contributed by atoms with Crippen LogP contribution in [0.1, 0.15) is 71.6 Å². The molecule has 3 aromatic rings. The molecule has 0 radical (unpaired) electrons. The molecule has 0 bridgehead atoms. The summed E-state index contributed by atoms with van der Waals surface area (Å²) in [6, 6.07) is 7.52. The van der Waals surface area contributed by atoms with Gasteiger partial charge in [-0.15, -0.1) is 5.10 Å². The minimum atomic E-state index is -0.584. The summed E-state index contributed by atoms with van der Waals surface area (Å²) in [4.78, 5) is 41.5. The van der Waals surface area contributed by atoms with Gasteiger partial charge in [0.15, 0.2) is 23.2 Å². The van der Waals surface area contributed by atoms with E-state index in [0.29, 0.717) is 48.8 Å². The lowest BCUT2D eigenvalue weighted by Crippen LogP contribution is -2.55. The van der Waals surface area contributed by atoms with Crippen molar-refractivity contribution in [3.8, 4) is 6.07 Å². The number of piperidine rings is 1. The summed E-state index contributed by atoms with van der Waals surface area (Å²) < 4.78 is 24.8. The Bertz CT molecular complexity index is 1820. The number of hydrogen-bond acceptors (Lipinski definition) is 13. The molecule has 4 aliphatic heterocycles. The Labute approximate surface area is 297 Å². The largest absolute Gasteiger partial charge is 0.468 e. The zero-order chi connectivity index (χ0) is 35.9. The quantitative estimate of drug-likeness (QED) is 0.360. The molecule has 1 spiro atoms. The van der Waals surface area contributed by atoms with Gasteiger partial charge >= 0.3 is 12.1 Å². The summed E-state index contributed by atoms with van der Waals surface area (Å²) in [6.45, 7) is 11.4. The lowest BCUT2D eigenvalue weighted by Gasteiger charge is -2.42. The summed E-state index contributed by atoms with van der Waals surface area (Å²) in [7, 11) is 1.37.